The van der Waals surface area contributed by atoms with E-state index in [9.17, 15) is 0 Å². The molecule has 1 aliphatic rings. The number of hydrogen-bond acceptors (Lipinski definition) is 2. The van der Waals surface area contributed by atoms with Crippen molar-refractivity contribution in [2.24, 2.45) is 5.92 Å². The maximum absolute atomic E-state index is 3.69. The van der Waals surface area contributed by atoms with E-state index >= 15 is 0 Å². The van der Waals surface area contributed by atoms with Crippen molar-refractivity contribution in [2.45, 2.75) is 78.3 Å². The Morgan fingerprint density at radius 2 is 1.83 bits per heavy atom. The van der Waals surface area contributed by atoms with E-state index in [2.05, 4.69) is 37.9 Å². The van der Waals surface area contributed by atoms with E-state index in [0.29, 0.717) is 0 Å². The Hall–Kier alpha value is -0.0800. The molecule has 1 fully saturated rings. The zero-order valence-corrected chi connectivity index (χ0v) is 13.0. The first-order chi connectivity index (χ1) is 8.74. The molecule has 1 rings (SSSR count). The molecule has 0 amide bonds. The Labute approximate surface area is 115 Å². The summed E-state index contributed by atoms with van der Waals surface area (Å²) in [6, 6.07) is 1.62. The molecule has 0 aromatic rings. The van der Waals surface area contributed by atoms with Crippen LogP contribution in [0.5, 0.6) is 0 Å². The predicted octanol–water partition coefficient (Wildman–Crippen LogP) is 3.67. The van der Waals surface area contributed by atoms with Gasteiger partial charge in [-0.15, -0.1) is 0 Å². The van der Waals surface area contributed by atoms with E-state index in [1.54, 1.807) is 0 Å². The summed E-state index contributed by atoms with van der Waals surface area (Å²) in [5.74, 6) is 0.896. The minimum atomic E-state index is 0.783. The Bertz CT molecular complexity index is 201. The fourth-order valence-corrected chi connectivity index (χ4v) is 3.24. The lowest BCUT2D eigenvalue weighted by atomic mass is 10.0. The third-order valence-corrected chi connectivity index (χ3v) is 4.66. The summed E-state index contributed by atoms with van der Waals surface area (Å²) in [4.78, 5) is 2.74. The third kappa shape index (κ3) is 4.89. The molecule has 0 aromatic carbocycles. The van der Waals surface area contributed by atoms with Crippen molar-refractivity contribution in [2.75, 3.05) is 19.6 Å². The quantitative estimate of drug-likeness (QED) is 0.675. The molecule has 0 aliphatic heterocycles. The number of nitrogens with one attached hydrogen (secondary N) is 1. The Kier molecular flexibility index (Phi) is 7.92. The Balaban J connectivity index is 2.37. The van der Waals surface area contributed by atoms with Crippen LogP contribution in [-0.4, -0.2) is 36.6 Å². The molecule has 18 heavy (non-hydrogen) atoms. The van der Waals surface area contributed by atoms with Gasteiger partial charge in [-0.05, 0) is 44.7 Å². The van der Waals surface area contributed by atoms with Crippen LogP contribution in [0.3, 0.4) is 0 Å². The van der Waals surface area contributed by atoms with Gasteiger partial charge in [-0.3, -0.25) is 0 Å². The molecule has 0 radical (unpaired) electrons. The molecular formula is C16H34N2. The smallest absolute Gasteiger partial charge is 0.0111 e. The standard InChI is InChI=1S/C16H34N2/c1-5-11-17-15-9-10-16(12-15)18(8-4)13-14(6-2)7-3/h14-17H,5-13H2,1-4H3. The first-order valence-corrected chi connectivity index (χ1v) is 8.22. The van der Waals surface area contributed by atoms with Gasteiger partial charge in [-0.2, -0.15) is 0 Å². The van der Waals surface area contributed by atoms with Gasteiger partial charge in [0.05, 0.1) is 0 Å². The zero-order chi connectivity index (χ0) is 13.4. The van der Waals surface area contributed by atoms with E-state index in [1.165, 1.54) is 58.2 Å². The Morgan fingerprint density at radius 3 is 2.39 bits per heavy atom. The average molecular weight is 254 g/mol. The normalized spacial score (nSPS) is 24.3. The molecule has 1 aliphatic carbocycles. The summed E-state index contributed by atoms with van der Waals surface area (Å²) in [5.41, 5.74) is 0. The SMILES string of the molecule is CCCNC1CCC(N(CC)CC(CC)CC)C1. The number of nitrogens with zero attached hydrogens (tertiary/aromatic N) is 1. The summed E-state index contributed by atoms with van der Waals surface area (Å²) >= 11 is 0. The molecule has 2 nitrogen and oxygen atoms in total. The van der Waals surface area contributed by atoms with E-state index in [-0.39, 0.29) is 0 Å². The highest BCUT2D eigenvalue weighted by Gasteiger charge is 2.28. The summed E-state index contributed by atoms with van der Waals surface area (Å²) in [6.45, 7) is 13.0. The van der Waals surface area contributed by atoms with Crippen molar-refractivity contribution in [3.63, 3.8) is 0 Å². The molecule has 1 saturated carbocycles. The first-order valence-electron chi connectivity index (χ1n) is 8.22. The maximum atomic E-state index is 3.69. The van der Waals surface area contributed by atoms with Gasteiger partial charge >= 0.3 is 0 Å². The fraction of sp³-hybridized carbons (Fsp3) is 1.00. The summed E-state index contributed by atoms with van der Waals surface area (Å²) < 4.78 is 0. The van der Waals surface area contributed by atoms with Gasteiger partial charge in [0.15, 0.2) is 0 Å². The van der Waals surface area contributed by atoms with Gasteiger partial charge in [0.2, 0.25) is 0 Å². The van der Waals surface area contributed by atoms with Crippen LogP contribution in [-0.2, 0) is 0 Å². The van der Waals surface area contributed by atoms with Crippen molar-refractivity contribution >= 4 is 0 Å². The second-order valence-electron chi connectivity index (χ2n) is 5.89. The van der Waals surface area contributed by atoms with Crippen molar-refractivity contribution in [3.8, 4) is 0 Å². The van der Waals surface area contributed by atoms with Gasteiger partial charge in [0.25, 0.3) is 0 Å². The van der Waals surface area contributed by atoms with Crippen LogP contribution in [0.15, 0.2) is 0 Å². The van der Waals surface area contributed by atoms with Gasteiger partial charge in [0, 0.05) is 18.6 Å². The lowest BCUT2D eigenvalue weighted by molar-refractivity contribution is 0.170. The molecule has 1 N–H and O–H groups in total. The predicted molar refractivity (Wildman–Crippen MR) is 81.0 cm³/mol. The first kappa shape index (κ1) is 16.0. The van der Waals surface area contributed by atoms with E-state index in [0.717, 1.165) is 18.0 Å². The van der Waals surface area contributed by atoms with Crippen molar-refractivity contribution < 1.29 is 0 Å². The maximum Gasteiger partial charge on any atom is 0.0111 e. The van der Waals surface area contributed by atoms with E-state index in [4.69, 9.17) is 0 Å². The highest BCUT2D eigenvalue weighted by atomic mass is 15.2. The molecule has 0 saturated heterocycles. The van der Waals surface area contributed by atoms with Crippen molar-refractivity contribution in [1.29, 1.82) is 0 Å². The lowest BCUT2D eigenvalue weighted by Crippen LogP contribution is -2.38. The summed E-state index contributed by atoms with van der Waals surface area (Å²) in [7, 11) is 0. The molecule has 108 valence electrons. The van der Waals surface area contributed by atoms with Gasteiger partial charge < -0.3 is 10.2 Å². The minimum absolute atomic E-state index is 0.783. The molecule has 2 atom stereocenters. The van der Waals surface area contributed by atoms with E-state index in [1.807, 2.05) is 0 Å². The molecule has 0 aromatic heterocycles. The Morgan fingerprint density at radius 1 is 1.11 bits per heavy atom. The molecule has 0 spiro atoms. The molecule has 0 heterocycles. The summed E-state index contributed by atoms with van der Waals surface area (Å²) in [5, 5.41) is 3.69. The minimum Gasteiger partial charge on any atom is -0.314 e. The van der Waals surface area contributed by atoms with Gasteiger partial charge in [-0.25, -0.2) is 0 Å². The average Bonchev–Trinajstić information content (AvgIpc) is 2.86. The van der Waals surface area contributed by atoms with Crippen LogP contribution in [0.4, 0.5) is 0 Å². The molecule has 2 heteroatoms. The summed E-state index contributed by atoms with van der Waals surface area (Å²) in [6.07, 6.45) is 8.06. The van der Waals surface area contributed by atoms with Crippen LogP contribution >= 0.6 is 0 Å². The van der Waals surface area contributed by atoms with Gasteiger partial charge in [-0.1, -0.05) is 40.5 Å². The topological polar surface area (TPSA) is 15.3 Å². The van der Waals surface area contributed by atoms with Crippen LogP contribution < -0.4 is 5.32 Å². The van der Waals surface area contributed by atoms with Crippen LogP contribution in [0, 0.1) is 5.92 Å². The van der Waals surface area contributed by atoms with E-state index < -0.39 is 0 Å². The van der Waals surface area contributed by atoms with Gasteiger partial charge in [0.1, 0.15) is 0 Å². The largest absolute Gasteiger partial charge is 0.314 e. The molecule has 2 unspecified atom stereocenters. The van der Waals surface area contributed by atoms with Crippen molar-refractivity contribution in [1.82, 2.24) is 10.2 Å². The highest BCUT2D eigenvalue weighted by Crippen LogP contribution is 2.25. The number of hydrogen-bond donors (Lipinski definition) is 1. The highest BCUT2D eigenvalue weighted by molar-refractivity contribution is 4.87. The second-order valence-corrected chi connectivity index (χ2v) is 5.89. The fourth-order valence-electron chi connectivity index (χ4n) is 3.24. The zero-order valence-electron chi connectivity index (χ0n) is 13.0. The van der Waals surface area contributed by atoms with Crippen molar-refractivity contribution in [3.05, 3.63) is 0 Å². The number of rotatable bonds is 9. The monoisotopic (exact) mass is 254 g/mol. The lowest BCUT2D eigenvalue weighted by Gasteiger charge is -2.31. The third-order valence-electron chi connectivity index (χ3n) is 4.66. The molecule has 0 bridgehead atoms. The van der Waals surface area contributed by atoms with Crippen LogP contribution in [0.1, 0.15) is 66.2 Å². The van der Waals surface area contributed by atoms with Crippen LogP contribution in [0.25, 0.3) is 0 Å². The second kappa shape index (κ2) is 8.92. The molecular weight excluding hydrogens is 220 g/mol. The van der Waals surface area contributed by atoms with Crippen LogP contribution in [0.2, 0.25) is 0 Å².